The van der Waals surface area contributed by atoms with Gasteiger partial charge in [0.05, 0.1) is 12.0 Å². The highest BCUT2D eigenvalue weighted by molar-refractivity contribution is 6.34. The standard InChI is InChI=1S/C27H18ClN3O3/c28-23-6-5-20(30-27(33)25-2-1-7-34-25)13-22(23)24-12-18-9-19(14-29-26(18)31-24)15-3-4-16-10-21(32)11-17(16)8-15/h1-9,13-14H,10-12H2,(H,30,33). The maximum atomic E-state index is 12.3. The van der Waals surface area contributed by atoms with Crippen molar-refractivity contribution in [2.75, 3.05) is 5.32 Å². The second-order valence-corrected chi connectivity index (χ2v) is 8.85. The molecule has 2 aromatic heterocycles. The van der Waals surface area contributed by atoms with E-state index in [-0.39, 0.29) is 17.5 Å². The number of nitrogens with zero attached hydrogens (tertiary/aromatic N) is 2. The van der Waals surface area contributed by atoms with Crippen molar-refractivity contribution in [3.63, 3.8) is 0 Å². The van der Waals surface area contributed by atoms with Gasteiger partial charge in [-0.15, -0.1) is 0 Å². The topological polar surface area (TPSA) is 84.6 Å². The van der Waals surface area contributed by atoms with Gasteiger partial charge >= 0.3 is 0 Å². The highest BCUT2D eigenvalue weighted by Crippen LogP contribution is 2.34. The van der Waals surface area contributed by atoms with E-state index in [1.54, 1.807) is 24.3 Å². The van der Waals surface area contributed by atoms with Crippen LogP contribution < -0.4 is 5.32 Å². The molecule has 0 fully saturated rings. The lowest BCUT2D eigenvalue weighted by molar-refractivity contribution is -0.117. The third-order valence-electron chi connectivity index (χ3n) is 6.14. The number of fused-ring (bicyclic) bond motifs is 2. The Labute approximate surface area is 200 Å². The molecule has 1 N–H and O–H groups in total. The number of carbonyl (C=O) groups excluding carboxylic acids is 2. The molecular weight excluding hydrogens is 450 g/mol. The molecule has 7 heteroatoms. The number of aliphatic imine (C=N–C) groups is 1. The van der Waals surface area contributed by atoms with Gasteiger partial charge in [0.1, 0.15) is 5.78 Å². The van der Waals surface area contributed by atoms with Gasteiger partial charge in [0.15, 0.2) is 11.6 Å². The number of pyridine rings is 1. The quantitative estimate of drug-likeness (QED) is 0.424. The predicted octanol–water partition coefficient (Wildman–Crippen LogP) is 5.59. The summed E-state index contributed by atoms with van der Waals surface area (Å²) in [5.41, 5.74) is 7.38. The van der Waals surface area contributed by atoms with Crippen LogP contribution >= 0.6 is 11.6 Å². The molecule has 2 aromatic carbocycles. The fraction of sp³-hybridized carbons (Fsp3) is 0.111. The molecular formula is C27H18ClN3O3. The number of aromatic nitrogens is 1. The number of nitrogens with one attached hydrogen (secondary N) is 1. The first-order valence-corrected chi connectivity index (χ1v) is 11.3. The summed E-state index contributed by atoms with van der Waals surface area (Å²) in [6, 6.07) is 16.8. The fourth-order valence-electron chi connectivity index (χ4n) is 4.45. The molecule has 6 nitrogen and oxygen atoms in total. The lowest BCUT2D eigenvalue weighted by Crippen LogP contribution is -2.11. The fourth-order valence-corrected chi connectivity index (χ4v) is 4.68. The van der Waals surface area contributed by atoms with Crippen molar-refractivity contribution in [2.45, 2.75) is 19.3 Å². The molecule has 6 rings (SSSR count). The van der Waals surface area contributed by atoms with Crippen LogP contribution in [0.4, 0.5) is 11.5 Å². The second kappa shape index (κ2) is 8.08. The van der Waals surface area contributed by atoms with E-state index in [0.717, 1.165) is 39.1 Å². The zero-order chi connectivity index (χ0) is 23.2. The smallest absolute Gasteiger partial charge is 0.291 e. The first-order valence-electron chi connectivity index (χ1n) is 10.9. The molecule has 4 aromatic rings. The summed E-state index contributed by atoms with van der Waals surface area (Å²) >= 11 is 6.49. The molecule has 34 heavy (non-hydrogen) atoms. The van der Waals surface area contributed by atoms with Gasteiger partial charge in [0, 0.05) is 52.9 Å². The largest absolute Gasteiger partial charge is 0.459 e. The van der Waals surface area contributed by atoms with E-state index in [1.807, 2.05) is 24.4 Å². The molecule has 166 valence electrons. The summed E-state index contributed by atoms with van der Waals surface area (Å²) in [7, 11) is 0. The van der Waals surface area contributed by atoms with Crippen LogP contribution in [-0.4, -0.2) is 22.4 Å². The molecule has 0 radical (unpaired) electrons. The number of ketones is 1. The lowest BCUT2D eigenvalue weighted by atomic mass is 9.99. The van der Waals surface area contributed by atoms with Gasteiger partial charge in [0.25, 0.3) is 5.91 Å². The number of halogens is 1. The number of furan rings is 1. The second-order valence-electron chi connectivity index (χ2n) is 8.44. The van der Waals surface area contributed by atoms with Crippen LogP contribution in [0.2, 0.25) is 5.02 Å². The summed E-state index contributed by atoms with van der Waals surface area (Å²) in [5.74, 6) is 0.819. The summed E-state index contributed by atoms with van der Waals surface area (Å²) in [4.78, 5) is 33.4. The molecule has 0 saturated heterocycles. The zero-order valence-electron chi connectivity index (χ0n) is 18.0. The molecule has 0 atom stereocenters. The molecule has 0 saturated carbocycles. The number of carbonyl (C=O) groups is 2. The van der Waals surface area contributed by atoms with Crippen LogP contribution in [0.1, 0.15) is 32.8 Å². The van der Waals surface area contributed by atoms with Crippen LogP contribution in [-0.2, 0) is 24.1 Å². The molecule has 2 aliphatic rings. The summed E-state index contributed by atoms with van der Waals surface area (Å²) in [5, 5.41) is 3.37. The zero-order valence-corrected chi connectivity index (χ0v) is 18.7. The first kappa shape index (κ1) is 20.6. The number of benzene rings is 2. The Morgan fingerprint density at radius 1 is 0.941 bits per heavy atom. The van der Waals surface area contributed by atoms with E-state index in [9.17, 15) is 9.59 Å². The van der Waals surface area contributed by atoms with Crippen LogP contribution in [0.25, 0.3) is 11.1 Å². The Morgan fingerprint density at radius 3 is 2.65 bits per heavy atom. The lowest BCUT2D eigenvalue weighted by Gasteiger charge is -2.09. The van der Waals surface area contributed by atoms with Crippen molar-refractivity contribution in [1.82, 2.24) is 4.98 Å². The van der Waals surface area contributed by atoms with Crippen molar-refractivity contribution in [1.29, 1.82) is 0 Å². The molecule has 0 unspecified atom stereocenters. The van der Waals surface area contributed by atoms with Gasteiger partial charge in [-0.05, 0) is 53.1 Å². The Kier molecular flexibility index (Phi) is 4.89. The number of amides is 1. The monoisotopic (exact) mass is 467 g/mol. The minimum Gasteiger partial charge on any atom is -0.459 e. The summed E-state index contributed by atoms with van der Waals surface area (Å²) in [6.45, 7) is 0. The highest BCUT2D eigenvalue weighted by atomic mass is 35.5. The number of anilines is 1. The van der Waals surface area contributed by atoms with E-state index in [4.69, 9.17) is 21.0 Å². The number of rotatable bonds is 4. The number of Topliss-reactive ketones (excluding diaryl/α,β-unsaturated/α-hetero) is 1. The Hall–Kier alpha value is -4.03. The van der Waals surface area contributed by atoms with E-state index >= 15 is 0 Å². The van der Waals surface area contributed by atoms with E-state index < -0.39 is 0 Å². The van der Waals surface area contributed by atoms with Crippen LogP contribution in [0, 0.1) is 0 Å². The average molecular weight is 468 g/mol. The van der Waals surface area contributed by atoms with Gasteiger partial charge < -0.3 is 9.73 Å². The molecule has 0 spiro atoms. The van der Waals surface area contributed by atoms with Crippen molar-refractivity contribution in [3.8, 4) is 11.1 Å². The van der Waals surface area contributed by atoms with E-state index in [1.165, 1.54) is 6.26 Å². The normalized spacial score (nSPS) is 14.0. The van der Waals surface area contributed by atoms with Gasteiger partial charge in [-0.3, -0.25) is 9.59 Å². The van der Waals surface area contributed by atoms with Crippen molar-refractivity contribution < 1.29 is 14.0 Å². The predicted molar refractivity (Wildman–Crippen MR) is 130 cm³/mol. The molecule has 1 amide bonds. The third kappa shape index (κ3) is 3.72. The summed E-state index contributed by atoms with van der Waals surface area (Å²) in [6.07, 6.45) is 4.87. The maximum absolute atomic E-state index is 12.3. The van der Waals surface area contributed by atoms with Gasteiger partial charge in [-0.25, -0.2) is 9.98 Å². The van der Waals surface area contributed by atoms with Crippen molar-refractivity contribution >= 4 is 40.5 Å². The minimum absolute atomic E-state index is 0.231. The summed E-state index contributed by atoms with van der Waals surface area (Å²) < 4.78 is 5.15. The van der Waals surface area contributed by atoms with Gasteiger partial charge in [0.2, 0.25) is 0 Å². The molecule has 3 heterocycles. The van der Waals surface area contributed by atoms with Crippen LogP contribution in [0.5, 0.6) is 0 Å². The first-order chi connectivity index (χ1) is 16.5. The van der Waals surface area contributed by atoms with Crippen molar-refractivity contribution in [2.24, 2.45) is 4.99 Å². The van der Waals surface area contributed by atoms with Gasteiger partial charge in [-0.1, -0.05) is 29.8 Å². The molecule has 0 bridgehead atoms. The van der Waals surface area contributed by atoms with Gasteiger partial charge in [-0.2, -0.15) is 0 Å². The Morgan fingerprint density at radius 2 is 1.79 bits per heavy atom. The number of hydrogen-bond donors (Lipinski definition) is 1. The van der Waals surface area contributed by atoms with E-state index in [2.05, 4.69) is 22.4 Å². The molecule has 1 aliphatic carbocycles. The molecule has 1 aliphatic heterocycles. The average Bonchev–Trinajstić information content (AvgIpc) is 3.58. The Bertz CT molecular complexity index is 1510. The maximum Gasteiger partial charge on any atom is 0.291 e. The van der Waals surface area contributed by atoms with E-state index in [0.29, 0.717) is 35.8 Å². The highest BCUT2D eigenvalue weighted by Gasteiger charge is 2.22. The van der Waals surface area contributed by atoms with Crippen LogP contribution in [0.15, 0.2) is 76.5 Å². The number of hydrogen-bond acceptors (Lipinski definition) is 5. The Balaban J connectivity index is 1.25. The third-order valence-corrected chi connectivity index (χ3v) is 6.47. The van der Waals surface area contributed by atoms with Crippen molar-refractivity contribution in [3.05, 3.63) is 100 Å². The van der Waals surface area contributed by atoms with Crippen LogP contribution in [0.3, 0.4) is 0 Å². The minimum atomic E-state index is -0.336. The SMILES string of the molecule is O=C1Cc2ccc(-c3cnc4c(c3)CC(c3cc(NC(=O)c5ccco5)ccc3Cl)=N4)cc2C1.